The Kier molecular flexibility index (Phi) is 4.55. The fourth-order valence-electron chi connectivity index (χ4n) is 1.80. The Morgan fingerprint density at radius 3 is 2.72 bits per heavy atom. The lowest BCUT2D eigenvalue weighted by Gasteiger charge is -2.26. The van der Waals surface area contributed by atoms with Crippen LogP contribution in [0.1, 0.15) is 24.2 Å². The van der Waals surface area contributed by atoms with Crippen molar-refractivity contribution in [2.24, 2.45) is 11.7 Å². The van der Waals surface area contributed by atoms with Gasteiger partial charge in [-0.2, -0.15) is 5.26 Å². The predicted molar refractivity (Wildman–Crippen MR) is 72.0 cm³/mol. The Labute approximate surface area is 107 Å². The molecule has 0 aliphatic heterocycles. The number of anilines is 2. The van der Waals surface area contributed by atoms with Gasteiger partial charge in [0, 0.05) is 24.5 Å². The van der Waals surface area contributed by atoms with Crippen molar-refractivity contribution in [2.45, 2.75) is 13.8 Å². The molecule has 0 bridgehead atoms. The van der Waals surface area contributed by atoms with Crippen molar-refractivity contribution < 1.29 is 4.79 Å². The topological polar surface area (TPSA) is 96.1 Å². The van der Waals surface area contributed by atoms with Gasteiger partial charge in [0.05, 0.1) is 17.6 Å². The molecule has 0 radical (unpaired) electrons. The van der Waals surface area contributed by atoms with Crippen molar-refractivity contribution in [3.05, 3.63) is 23.8 Å². The summed E-state index contributed by atoms with van der Waals surface area (Å²) in [6.07, 6.45) is 0. The van der Waals surface area contributed by atoms with E-state index in [9.17, 15) is 4.79 Å². The van der Waals surface area contributed by atoms with Gasteiger partial charge in [0.15, 0.2) is 0 Å². The molecular weight excluding hydrogens is 228 g/mol. The summed E-state index contributed by atoms with van der Waals surface area (Å²) in [5, 5.41) is 8.86. The molecule has 5 heteroatoms. The summed E-state index contributed by atoms with van der Waals surface area (Å²) < 4.78 is 0. The van der Waals surface area contributed by atoms with Crippen molar-refractivity contribution in [3.63, 3.8) is 0 Å². The van der Waals surface area contributed by atoms with Crippen LogP contribution in [0, 0.1) is 17.2 Å². The van der Waals surface area contributed by atoms with E-state index >= 15 is 0 Å². The zero-order valence-electron chi connectivity index (χ0n) is 10.7. The molecule has 0 heterocycles. The lowest BCUT2D eigenvalue weighted by Crippen LogP contribution is -2.30. The summed E-state index contributed by atoms with van der Waals surface area (Å²) >= 11 is 0. The third-order valence-corrected chi connectivity index (χ3v) is 2.72. The highest BCUT2D eigenvalue weighted by molar-refractivity contribution is 5.99. The van der Waals surface area contributed by atoms with Crippen molar-refractivity contribution in [1.82, 2.24) is 0 Å². The first-order chi connectivity index (χ1) is 8.49. The Morgan fingerprint density at radius 1 is 1.56 bits per heavy atom. The molecule has 0 fully saturated rings. The molecule has 96 valence electrons. The van der Waals surface area contributed by atoms with E-state index in [4.69, 9.17) is 16.7 Å². The Balaban J connectivity index is 3.13. The van der Waals surface area contributed by atoms with Crippen LogP contribution >= 0.6 is 0 Å². The monoisotopic (exact) mass is 246 g/mol. The highest BCUT2D eigenvalue weighted by Crippen LogP contribution is 2.23. The molecule has 1 amide bonds. The summed E-state index contributed by atoms with van der Waals surface area (Å²) in [6.45, 7) is 5.04. The van der Waals surface area contributed by atoms with Gasteiger partial charge in [0.2, 0.25) is 0 Å². The molecule has 1 atom stereocenters. The van der Waals surface area contributed by atoms with Gasteiger partial charge in [-0.1, -0.05) is 0 Å². The number of primary amides is 1. The maximum atomic E-state index is 11.4. The van der Waals surface area contributed by atoms with E-state index in [0.717, 1.165) is 5.69 Å². The van der Waals surface area contributed by atoms with Crippen molar-refractivity contribution in [1.29, 1.82) is 5.26 Å². The summed E-state index contributed by atoms with van der Waals surface area (Å²) in [5.41, 5.74) is 12.6. The molecule has 18 heavy (non-hydrogen) atoms. The van der Waals surface area contributed by atoms with Gasteiger partial charge < -0.3 is 16.4 Å². The SMILES string of the molecule is CCN(CC(C)C#N)c1ccc(N)cc1C(N)=O. The van der Waals surface area contributed by atoms with Crippen molar-refractivity contribution in [2.75, 3.05) is 23.7 Å². The van der Waals surface area contributed by atoms with E-state index in [1.807, 2.05) is 18.7 Å². The molecule has 0 aromatic heterocycles. The zero-order valence-corrected chi connectivity index (χ0v) is 10.7. The number of benzene rings is 1. The van der Waals surface area contributed by atoms with Crippen LogP contribution in [0.15, 0.2) is 18.2 Å². The normalized spacial score (nSPS) is 11.6. The van der Waals surface area contributed by atoms with Gasteiger partial charge >= 0.3 is 0 Å². The fourth-order valence-corrected chi connectivity index (χ4v) is 1.80. The molecule has 1 unspecified atom stereocenters. The first-order valence-corrected chi connectivity index (χ1v) is 5.83. The third kappa shape index (κ3) is 3.14. The Morgan fingerprint density at radius 2 is 2.22 bits per heavy atom. The van der Waals surface area contributed by atoms with Crippen LogP contribution in [0.5, 0.6) is 0 Å². The second kappa shape index (κ2) is 5.92. The standard InChI is InChI=1S/C13H18N4O/c1-3-17(8-9(2)7-14)12-5-4-10(15)6-11(12)13(16)18/h4-6,9H,3,8,15H2,1-2H3,(H2,16,18). The molecule has 0 aliphatic carbocycles. The third-order valence-electron chi connectivity index (χ3n) is 2.72. The second-order valence-corrected chi connectivity index (χ2v) is 4.21. The van der Waals surface area contributed by atoms with Gasteiger partial charge in [-0.05, 0) is 32.0 Å². The molecule has 5 nitrogen and oxygen atoms in total. The number of nitriles is 1. The molecule has 0 saturated heterocycles. The van der Waals surface area contributed by atoms with E-state index in [1.165, 1.54) is 0 Å². The van der Waals surface area contributed by atoms with Gasteiger partial charge in [-0.3, -0.25) is 4.79 Å². The number of hydrogen-bond donors (Lipinski definition) is 2. The summed E-state index contributed by atoms with van der Waals surface area (Å²) in [7, 11) is 0. The smallest absolute Gasteiger partial charge is 0.250 e. The summed E-state index contributed by atoms with van der Waals surface area (Å²) in [5.74, 6) is -0.636. The van der Waals surface area contributed by atoms with E-state index < -0.39 is 5.91 Å². The number of nitrogen functional groups attached to an aromatic ring is 1. The number of hydrogen-bond acceptors (Lipinski definition) is 4. The predicted octanol–water partition coefficient (Wildman–Crippen LogP) is 1.35. The van der Waals surface area contributed by atoms with E-state index in [-0.39, 0.29) is 5.92 Å². The van der Waals surface area contributed by atoms with Crippen LogP contribution in [0.4, 0.5) is 11.4 Å². The molecule has 0 spiro atoms. The van der Waals surface area contributed by atoms with Crippen molar-refractivity contribution in [3.8, 4) is 6.07 Å². The maximum Gasteiger partial charge on any atom is 0.250 e. The summed E-state index contributed by atoms with van der Waals surface area (Å²) in [6, 6.07) is 7.23. The highest BCUT2D eigenvalue weighted by atomic mass is 16.1. The minimum Gasteiger partial charge on any atom is -0.399 e. The molecular formula is C13H18N4O. The fraction of sp³-hybridized carbons (Fsp3) is 0.385. The van der Waals surface area contributed by atoms with E-state index in [1.54, 1.807) is 18.2 Å². The van der Waals surface area contributed by atoms with Crippen molar-refractivity contribution >= 4 is 17.3 Å². The van der Waals surface area contributed by atoms with Crippen LogP contribution < -0.4 is 16.4 Å². The number of nitrogens with zero attached hydrogens (tertiary/aromatic N) is 2. The molecule has 1 rings (SSSR count). The van der Waals surface area contributed by atoms with Crippen LogP contribution in [-0.2, 0) is 0 Å². The minimum absolute atomic E-state index is 0.122. The van der Waals surface area contributed by atoms with Crippen LogP contribution in [0.25, 0.3) is 0 Å². The first-order valence-electron chi connectivity index (χ1n) is 5.83. The maximum absolute atomic E-state index is 11.4. The second-order valence-electron chi connectivity index (χ2n) is 4.21. The number of amides is 1. The van der Waals surface area contributed by atoms with Crippen LogP contribution in [0.3, 0.4) is 0 Å². The number of nitrogens with two attached hydrogens (primary N) is 2. The average molecular weight is 246 g/mol. The molecule has 0 aliphatic rings. The number of rotatable bonds is 5. The van der Waals surface area contributed by atoms with Gasteiger partial charge in [-0.25, -0.2) is 0 Å². The van der Waals surface area contributed by atoms with E-state index in [0.29, 0.717) is 24.3 Å². The Bertz CT molecular complexity index is 478. The highest BCUT2D eigenvalue weighted by Gasteiger charge is 2.16. The van der Waals surface area contributed by atoms with Crippen LogP contribution in [-0.4, -0.2) is 19.0 Å². The molecule has 1 aromatic carbocycles. The lowest BCUT2D eigenvalue weighted by molar-refractivity contribution is 0.100. The Hall–Kier alpha value is -2.22. The minimum atomic E-state index is -0.514. The number of carbonyl (C=O) groups excluding carboxylic acids is 1. The largest absolute Gasteiger partial charge is 0.399 e. The van der Waals surface area contributed by atoms with Crippen LogP contribution in [0.2, 0.25) is 0 Å². The number of carbonyl (C=O) groups is 1. The molecule has 1 aromatic rings. The average Bonchev–Trinajstić information content (AvgIpc) is 2.35. The van der Waals surface area contributed by atoms with Gasteiger partial charge in [-0.15, -0.1) is 0 Å². The molecule has 4 N–H and O–H groups in total. The quantitative estimate of drug-likeness (QED) is 0.766. The first kappa shape index (κ1) is 13.8. The molecule has 0 saturated carbocycles. The van der Waals surface area contributed by atoms with Gasteiger partial charge in [0.1, 0.15) is 0 Å². The van der Waals surface area contributed by atoms with Gasteiger partial charge in [0.25, 0.3) is 5.91 Å². The van der Waals surface area contributed by atoms with E-state index in [2.05, 4.69) is 6.07 Å². The summed E-state index contributed by atoms with van der Waals surface area (Å²) in [4.78, 5) is 13.4. The lowest BCUT2D eigenvalue weighted by atomic mass is 10.1. The zero-order chi connectivity index (χ0) is 13.7.